The first kappa shape index (κ1) is 25.5. The fourth-order valence-corrected chi connectivity index (χ4v) is 4.99. The summed E-state index contributed by atoms with van der Waals surface area (Å²) >= 11 is 0. The maximum atomic E-state index is 12.9. The average molecular weight is 511 g/mol. The number of hydrogen-bond acceptors (Lipinski definition) is 5. The molecule has 1 atom stereocenters. The van der Waals surface area contributed by atoms with Crippen molar-refractivity contribution in [2.45, 2.75) is 38.8 Å². The van der Waals surface area contributed by atoms with Gasteiger partial charge in [-0.1, -0.05) is 36.8 Å². The maximum Gasteiger partial charge on any atom is 0.257 e. The summed E-state index contributed by atoms with van der Waals surface area (Å²) in [6.45, 7) is 5.25. The molecule has 0 unspecified atom stereocenters. The number of amides is 2. The van der Waals surface area contributed by atoms with E-state index in [1.807, 2.05) is 49.4 Å². The molecule has 2 aliphatic rings. The van der Waals surface area contributed by atoms with Crippen LogP contribution in [0.15, 0.2) is 72.9 Å². The summed E-state index contributed by atoms with van der Waals surface area (Å²) in [4.78, 5) is 28.1. The molecule has 7 heteroatoms. The van der Waals surface area contributed by atoms with Gasteiger partial charge in [0.15, 0.2) is 0 Å². The summed E-state index contributed by atoms with van der Waals surface area (Å²) in [5, 5.41) is 9.16. The molecule has 196 valence electrons. The SMILES string of the molecule is COc1cccc([C@H](C)NC(=O)c2ccc3c(c2)NC(=O)C3=CNc2ccc(CN3CCCCC3)cc2)c1. The summed E-state index contributed by atoms with van der Waals surface area (Å²) in [7, 11) is 1.62. The highest BCUT2D eigenvalue weighted by molar-refractivity contribution is 6.32. The summed E-state index contributed by atoms with van der Waals surface area (Å²) in [6.07, 6.45) is 5.63. The zero-order chi connectivity index (χ0) is 26.5. The van der Waals surface area contributed by atoms with E-state index in [1.54, 1.807) is 25.4 Å². The monoisotopic (exact) mass is 510 g/mol. The minimum Gasteiger partial charge on any atom is -0.497 e. The normalized spacial score (nSPS) is 17.0. The van der Waals surface area contributed by atoms with Crippen molar-refractivity contribution in [3.05, 3.63) is 95.2 Å². The van der Waals surface area contributed by atoms with Gasteiger partial charge in [0.05, 0.1) is 18.7 Å². The van der Waals surface area contributed by atoms with Gasteiger partial charge in [0.25, 0.3) is 11.8 Å². The van der Waals surface area contributed by atoms with Crippen LogP contribution in [0.5, 0.6) is 5.75 Å². The largest absolute Gasteiger partial charge is 0.497 e. The third-order valence-corrected chi connectivity index (χ3v) is 7.20. The smallest absolute Gasteiger partial charge is 0.257 e. The van der Waals surface area contributed by atoms with Gasteiger partial charge in [-0.2, -0.15) is 0 Å². The maximum absolute atomic E-state index is 12.9. The number of anilines is 2. The number of methoxy groups -OCH3 is 1. The molecule has 7 nitrogen and oxygen atoms in total. The van der Waals surface area contributed by atoms with Crippen LogP contribution >= 0.6 is 0 Å². The van der Waals surface area contributed by atoms with Gasteiger partial charge >= 0.3 is 0 Å². The van der Waals surface area contributed by atoms with Crippen molar-refractivity contribution >= 4 is 28.8 Å². The van der Waals surface area contributed by atoms with E-state index in [-0.39, 0.29) is 17.9 Å². The second kappa shape index (κ2) is 11.5. The first-order valence-electron chi connectivity index (χ1n) is 13.2. The number of carbonyl (C=O) groups is 2. The van der Waals surface area contributed by atoms with E-state index in [0.29, 0.717) is 16.8 Å². The molecule has 3 aromatic carbocycles. The number of likely N-dealkylation sites (tertiary alicyclic amines) is 1. The Morgan fingerprint density at radius 2 is 1.84 bits per heavy atom. The molecule has 3 aromatic rings. The number of nitrogens with one attached hydrogen (secondary N) is 3. The Morgan fingerprint density at radius 3 is 2.61 bits per heavy atom. The third kappa shape index (κ3) is 5.89. The Balaban J connectivity index is 1.23. The van der Waals surface area contributed by atoms with Gasteiger partial charge in [0.1, 0.15) is 5.75 Å². The zero-order valence-corrected chi connectivity index (χ0v) is 21.9. The highest BCUT2D eigenvalue weighted by Gasteiger charge is 2.25. The lowest BCUT2D eigenvalue weighted by Gasteiger charge is -2.26. The lowest BCUT2D eigenvalue weighted by Crippen LogP contribution is -2.29. The second-order valence-electron chi connectivity index (χ2n) is 9.92. The van der Waals surface area contributed by atoms with Crippen LogP contribution in [0.3, 0.4) is 0 Å². The van der Waals surface area contributed by atoms with Crippen molar-refractivity contribution in [3.8, 4) is 5.75 Å². The molecule has 0 bridgehead atoms. The van der Waals surface area contributed by atoms with Crippen LogP contribution in [0.2, 0.25) is 0 Å². The van der Waals surface area contributed by atoms with Crippen LogP contribution in [-0.2, 0) is 11.3 Å². The molecular formula is C31H34N4O3. The average Bonchev–Trinajstić information content (AvgIpc) is 3.27. The first-order chi connectivity index (χ1) is 18.5. The van der Waals surface area contributed by atoms with Crippen LogP contribution in [-0.4, -0.2) is 36.9 Å². The number of rotatable bonds is 8. The van der Waals surface area contributed by atoms with E-state index in [9.17, 15) is 9.59 Å². The summed E-state index contributed by atoms with van der Waals surface area (Å²) in [5.74, 6) is 0.333. The Morgan fingerprint density at radius 1 is 1.05 bits per heavy atom. The molecule has 2 aliphatic heterocycles. The van der Waals surface area contributed by atoms with Crippen LogP contribution in [0, 0.1) is 0 Å². The summed E-state index contributed by atoms with van der Waals surface area (Å²) in [5.41, 5.74) is 5.57. The number of fused-ring (bicyclic) bond motifs is 1. The van der Waals surface area contributed by atoms with Crippen molar-refractivity contribution in [3.63, 3.8) is 0 Å². The van der Waals surface area contributed by atoms with E-state index in [2.05, 4.69) is 33.0 Å². The van der Waals surface area contributed by atoms with Crippen molar-refractivity contribution < 1.29 is 14.3 Å². The predicted molar refractivity (Wildman–Crippen MR) is 151 cm³/mol. The summed E-state index contributed by atoms with van der Waals surface area (Å²) in [6, 6.07) is 21.0. The Labute approximate surface area is 223 Å². The van der Waals surface area contributed by atoms with Gasteiger partial charge in [0.2, 0.25) is 0 Å². The molecule has 0 radical (unpaired) electrons. The predicted octanol–water partition coefficient (Wildman–Crippen LogP) is 5.58. The fourth-order valence-electron chi connectivity index (χ4n) is 4.99. The zero-order valence-electron chi connectivity index (χ0n) is 21.9. The number of benzene rings is 3. The minimum atomic E-state index is -0.211. The molecule has 38 heavy (non-hydrogen) atoms. The topological polar surface area (TPSA) is 82.7 Å². The molecule has 0 aromatic heterocycles. The quantitative estimate of drug-likeness (QED) is 0.345. The molecule has 0 aliphatic carbocycles. The number of piperidine rings is 1. The fraction of sp³-hybridized carbons (Fsp3) is 0.290. The molecule has 1 fully saturated rings. The van der Waals surface area contributed by atoms with Crippen LogP contribution in [0.1, 0.15) is 59.3 Å². The first-order valence-corrected chi connectivity index (χ1v) is 13.2. The van der Waals surface area contributed by atoms with Gasteiger partial charge in [-0.05, 0) is 80.4 Å². The Kier molecular flexibility index (Phi) is 7.75. The van der Waals surface area contributed by atoms with E-state index < -0.39 is 0 Å². The van der Waals surface area contributed by atoms with Crippen LogP contribution < -0.4 is 20.7 Å². The lowest BCUT2D eigenvalue weighted by molar-refractivity contribution is -0.110. The van der Waals surface area contributed by atoms with Crippen molar-refractivity contribution in [2.24, 2.45) is 0 Å². The molecule has 1 saturated heterocycles. The van der Waals surface area contributed by atoms with E-state index >= 15 is 0 Å². The highest BCUT2D eigenvalue weighted by atomic mass is 16.5. The number of carbonyl (C=O) groups excluding carboxylic acids is 2. The third-order valence-electron chi connectivity index (χ3n) is 7.20. The lowest BCUT2D eigenvalue weighted by atomic mass is 10.0. The van der Waals surface area contributed by atoms with Crippen LogP contribution in [0.25, 0.3) is 5.57 Å². The molecule has 5 rings (SSSR count). The Bertz CT molecular complexity index is 1340. The Hall–Kier alpha value is -4.10. The van der Waals surface area contributed by atoms with Crippen molar-refractivity contribution in [2.75, 3.05) is 30.8 Å². The molecule has 0 spiro atoms. The highest BCUT2D eigenvalue weighted by Crippen LogP contribution is 2.33. The molecule has 0 saturated carbocycles. The van der Waals surface area contributed by atoms with E-state index in [1.165, 1.54) is 37.9 Å². The molecule has 2 amide bonds. The standard InChI is InChI=1S/C31H34N4O3/c1-21(23-7-6-8-26(17-23)38-2)33-30(36)24-11-14-27-28(31(37)34-29(27)18-24)19-32-25-12-9-22(10-13-25)20-35-15-4-3-5-16-35/h6-14,17-19,21,32H,3-5,15-16,20H2,1-2H3,(H,33,36)(H,34,37)/t21-/m0/s1. The van der Waals surface area contributed by atoms with E-state index in [0.717, 1.165) is 29.1 Å². The van der Waals surface area contributed by atoms with Gasteiger partial charge in [0, 0.05) is 35.2 Å². The number of nitrogens with zero attached hydrogens (tertiary/aromatic N) is 1. The molecule has 2 heterocycles. The van der Waals surface area contributed by atoms with Gasteiger partial charge < -0.3 is 20.7 Å². The molecule has 3 N–H and O–H groups in total. The van der Waals surface area contributed by atoms with Crippen molar-refractivity contribution in [1.29, 1.82) is 0 Å². The van der Waals surface area contributed by atoms with Gasteiger partial charge in [-0.3, -0.25) is 14.5 Å². The second-order valence-corrected chi connectivity index (χ2v) is 9.92. The van der Waals surface area contributed by atoms with E-state index in [4.69, 9.17) is 4.74 Å². The van der Waals surface area contributed by atoms with Gasteiger partial charge in [-0.25, -0.2) is 0 Å². The summed E-state index contributed by atoms with van der Waals surface area (Å²) < 4.78 is 5.28. The number of hydrogen-bond donors (Lipinski definition) is 3. The molecular weight excluding hydrogens is 476 g/mol. The van der Waals surface area contributed by atoms with Crippen LogP contribution in [0.4, 0.5) is 11.4 Å². The number of ether oxygens (including phenoxy) is 1. The van der Waals surface area contributed by atoms with Gasteiger partial charge in [-0.15, -0.1) is 0 Å². The van der Waals surface area contributed by atoms with Crippen molar-refractivity contribution in [1.82, 2.24) is 10.2 Å². The minimum absolute atomic E-state index is 0.198.